The monoisotopic (exact) mass is 356 g/mol. The highest BCUT2D eigenvalue weighted by Gasteiger charge is 2.26. The quantitative estimate of drug-likeness (QED) is 0.507. The van der Waals surface area contributed by atoms with E-state index in [1.165, 1.54) is 6.07 Å². The maximum Gasteiger partial charge on any atom is 0.157 e. The largest absolute Gasteiger partial charge is 0.350 e. The number of alkyl halides is 1. The zero-order chi connectivity index (χ0) is 17.8. The number of anilines is 1. The van der Waals surface area contributed by atoms with Gasteiger partial charge in [0, 0.05) is 34.4 Å². The number of benzene rings is 1. The second-order valence-corrected chi connectivity index (χ2v) is 7.63. The van der Waals surface area contributed by atoms with Gasteiger partial charge in [0.2, 0.25) is 0 Å². The summed E-state index contributed by atoms with van der Waals surface area (Å²) in [6, 6.07) is 8.58. The highest BCUT2D eigenvalue weighted by Crippen LogP contribution is 2.35. The maximum absolute atomic E-state index is 14.2. The molecule has 1 aromatic carbocycles. The number of aromatic nitrogens is 3. The van der Waals surface area contributed by atoms with Crippen LogP contribution in [-0.2, 0) is 5.41 Å². The van der Waals surface area contributed by atoms with E-state index in [9.17, 15) is 4.39 Å². The summed E-state index contributed by atoms with van der Waals surface area (Å²) in [6.45, 7) is 6.32. The predicted octanol–water partition coefficient (Wildman–Crippen LogP) is 4.70. The molecule has 6 heteroatoms. The van der Waals surface area contributed by atoms with Crippen LogP contribution in [0.2, 0.25) is 0 Å². The van der Waals surface area contributed by atoms with Crippen molar-refractivity contribution in [2.45, 2.75) is 31.7 Å². The Hall–Kier alpha value is -2.40. The number of hydrogen-bond donors (Lipinski definition) is 1. The van der Waals surface area contributed by atoms with Gasteiger partial charge in [-0.15, -0.1) is 0 Å². The number of hydrogen-bond acceptors (Lipinski definition) is 3. The Morgan fingerprint density at radius 1 is 1.24 bits per heavy atom. The van der Waals surface area contributed by atoms with Crippen LogP contribution in [0.15, 0.2) is 36.5 Å². The van der Waals surface area contributed by atoms with Crippen molar-refractivity contribution >= 4 is 34.7 Å². The lowest BCUT2D eigenvalue weighted by molar-refractivity contribution is 0.563. The molecule has 25 heavy (non-hydrogen) atoms. The molecule has 1 aliphatic rings. The Morgan fingerprint density at radius 3 is 2.72 bits per heavy atom. The smallest absolute Gasteiger partial charge is 0.157 e. The van der Waals surface area contributed by atoms with E-state index in [4.69, 9.17) is 11.6 Å². The average Bonchev–Trinajstić information content (AvgIpc) is 3.00. The third kappa shape index (κ3) is 2.68. The van der Waals surface area contributed by atoms with Crippen molar-refractivity contribution in [3.05, 3.63) is 59.2 Å². The lowest BCUT2D eigenvalue weighted by Gasteiger charge is -2.24. The molecule has 4 nitrogen and oxygen atoms in total. The maximum atomic E-state index is 14.2. The van der Waals surface area contributed by atoms with Crippen molar-refractivity contribution in [1.29, 1.82) is 0 Å². The molecule has 1 aliphatic heterocycles. The lowest BCUT2D eigenvalue weighted by Crippen LogP contribution is -2.22. The minimum absolute atomic E-state index is 0.0796. The Labute approximate surface area is 150 Å². The van der Waals surface area contributed by atoms with Gasteiger partial charge >= 0.3 is 0 Å². The van der Waals surface area contributed by atoms with Gasteiger partial charge in [-0.2, -0.15) is 9.61 Å². The van der Waals surface area contributed by atoms with Crippen molar-refractivity contribution < 1.29 is 4.39 Å². The minimum Gasteiger partial charge on any atom is -0.350 e. The van der Waals surface area contributed by atoms with E-state index >= 15 is 0 Å². The fraction of sp³-hybridized carbons (Fsp3) is 0.263. The Bertz CT molecular complexity index is 1000. The fourth-order valence-electron chi connectivity index (χ4n) is 2.91. The average molecular weight is 357 g/mol. The third-order valence-corrected chi connectivity index (χ3v) is 4.66. The Kier molecular flexibility index (Phi) is 3.58. The van der Waals surface area contributed by atoms with Crippen LogP contribution in [0.5, 0.6) is 0 Å². The topological polar surface area (TPSA) is 42.2 Å². The molecule has 0 saturated carbocycles. The summed E-state index contributed by atoms with van der Waals surface area (Å²) in [4.78, 5) is 4.48. The highest BCUT2D eigenvalue weighted by atomic mass is 35.5. The fourth-order valence-corrected chi connectivity index (χ4v) is 3.20. The molecule has 0 spiro atoms. The molecule has 2 aromatic heterocycles. The van der Waals surface area contributed by atoms with Gasteiger partial charge in [-0.05, 0) is 12.1 Å². The van der Waals surface area contributed by atoms with Crippen LogP contribution in [0, 0.1) is 5.82 Å². The summed E-state index contributed by atoms with van der Waals surface area (Å²) >= 11 is 6.51. The van der Waals surface area contributed by atoms with E-state index in [-0.39, 0.29) is 11.2 Å². The Morgan fingerprint density at radius 2 is 2.00 bits per heavy atom. The molecule has 1 atom stereocenters. The van der Waals surface area contributed by atoms with Gasteiger partial charge in [0.1, 0.15) is 17.1 Å². The van der Waals surface area contributed by atoms with Gasteiger partial charge in [-0.1, -0.05) is 50.6 Å². The van der Waals surface area contributed by atoms with Gasteiger partial charge in [-0.25, -0.2) is 9.37 Å². The summed E-state index contributed by atoms with van der Waals surface area (Å²) in [5.74, 6) is 0.466. The van der Waals surface area contributed by atoms with Crippen molar-refractivity contribution in [1.82, 2.24) is 14.6 Å². The highest BCUT2D eigenvalue weighted by molar-refractivity contribution is 6.29. The van der Waals surface area contributed by atoms with Crippen LogP contribution in [0.1, 0.15) is 37.6 Å². The summed E-state index contributed by atoms with van der Waals surface area (Å²) in [5, 5.41) is 7.91. The first-order valence-electron chi connectivity index (χ1n) is 8.11. The summed E-state index contributed by atoms with van der Waals surface area (Å²) < 4.78 is 15.9. The standard InChI is InChI=1S/C19H18ClFN4/c1-19(2,3)15-9-16-22-10-11-8-13(12-6-4-5-7-14(12)21)17(20)23-18(11)25(16)24-15/h4-10,17,23H,1-3H3. The van der Waals surface area contributed by atoms with E-state index in [0.717, 1.165) is 22.7 Å². The van der Waals surface area contributed by atoms with E-state index < -0.39 is 5.50 Å². The van der Waals surface area contributed by atoms with Crippen LogP contribution in [0.25, 0.3) is 17.3 Å². The number of fused-ring (bicyclic) bond motifs is 3. The van der Waals surface area contributed by atoms with Crippen LogP contribution in [0.3, 0.4) is 0 Å². The normalized spacial score (nSPS) is 17.2. The first kappa shape index (κ1) is 16.1. The van der Waals surface area contributed by atoms with E-state index in [2.05, 4.69) is 36.2 Å². The molecule has 0 bridgehead atoms. The van der Waals surface area contributed by atoms with E-state index in [1.807, 2.05) is 12.1 Å². The summed E-state index contributed by atoms with van der Waals surface area (Å²) in [5.41, 5.74) is 3.05. The zero-order valence-electron chi connectivity index (χ0n) is 14.2. The van der Waals surface area contributed by atoms with Gasteiger partial charge in [-0.3, -0.25) is 0 Å². The lowest BCUT2D eigenvalue weighted by atomic mass is 9.93. The molecule has 0 radical (unpaired) electrons. The molecule has 0 saturated heterocycles. The molecule has 0 aliphatic carbocycles. The van der Waals surface area contributed by atoms with E-state index in [1.54, 1.807) is 28.9 Å². The van der Waals surface area contributed by atoms with Gasteiger partial charge < -0.3 is 5.32 Å². The first-order valence-corrected chi connectivity index (χ1v) is 8.54. The van der Waals surface area contributed by atoms with Gasteiger partial charge in [0.15, 0.2) is 5.65 Å². The van der Waals surface area contributed by atoms with Crippen molar-refractivity contribution in [2.75, 3.05) is 5.32 Å². The minimum atomic E-state index is -0.558. The van der Waals surface area contributed by atoms with Crippen LogP contribution in [-0.4, -0.2) is 20.1 Å². The molecule has 1 unspecified atom stereocenters. The number of rotatable bonds is 1. The summed E-state index contributed by atoms with van der Waals surface area (Å²) in [7, 11) is 0. The van der Waals surface area contributed by atoms with Crippen LogP contribution in [0.4, 0.5) is 10.2 Å². The molecule has 3 aromatic rings. The molecule has 128 valence electrons. The second kappa shape index (κ2) is 5.56. The number of nitrogens with one attached hydrogen (secondary N) is 1. The van der Waals surface area contributed by atoms with Crippen molar-refractivity contribution in [2.24, 2.45) is 0 Å². The van der Waals surface area contributed by atoms with E-state index in [0.29, 0.717) is 11.1 Å². The predicted molar refractivity (Wildman–Crippen MR) is 99.2 cm³/mol. The zero-order valence-corrected chi connectivity index (χ0v) is 15.0. The Balaban J connectivity index is 1.88. The molecule has 4 rings (SSSR count). The number of halogens is 2. The second-order valence-electron chi connectivity index (χ2n) is 7.20. The van der Waals surface area contributed by atoms with Crippen molar-refractivity contribution in [3.8, 4) is 0 Å². The van der Waals surface area contributed by atoms with Gasteiger partial charge in [0.25, 0.3) is 0 Å². The SMILES string of the molecule is CC(C)(C)c1cc2ncc3c(n2n1)NC(Cl)C(c1ccccc1F)=C3. The van der Waals surface area contributed by atoms with Crippen LogP contribution < -0.4 is 5.32 Å². The molecule has 1 N–H and O–H groups in total. The molecule has 3 heterocycles. The number of nitrogens with zero attached hydrogens (tertiary/aromatic N) is 3. The summed E-state index contributed by atoms with van der Waals surface area (Å²) in [6.07, 6.45) is 3.63. The van der Waals surface area contributed by atoms with Crippen molar-refractivity contribution in [3.63, 3.8) is 0 Å². The molecule has 0 fully saturated rings. The molecular weight excluding hydrogens is 339 g/mol. The first-order chi connectivity index (χ1) is 11.8. The third-order valence-electron chi connectivity index (χ3n) is 4.31. The molecule has 0 amide bonds. The van der Waals surface area contributed by atoms with Gasteiger partial charge in [0.05, 0.1) is 5.69 Å². The van der Waals surface area contributed by atoms with Crippen LogP contribution >= 0.6 is 11.6 Å². The molecular formula is C19H18ClFN4.